The Labute approximate surface area is 88.0 Å². The van der Waals surface area contributed by atoms with Crippen LogP contribution in [0.1, 0.15) is 11.6 Å². The van der Waals surface area contributed by atoms with Gasteiger partial charge >= 0.3 is 6.18 Å². The number of halogens is 3. The molecule has 0 radical (unpaired) electrons. The number of hydrogen-bond acceptors (Lipinski definition) is 4. The van der Waals surface area contributed by atoms with E-state index in [-0.39, 0.29) is 16.9 Å². The van der Waals surface area contributed by atoms with Crippen molar-refractivity contribution in [2.45, 2.75) is 12.2 Å². The molecule has 16 heavy (non-hydrogen) atoms. The summed E-state index contributed by atoms with van der Waals surface area (Å²) in [6, 6.07) is 0.442. The second-order valence-electron chi connectivity index (χ2n) is 3.09. The van der Waals surface area contributed by atoms with Gasteiger partial charge in [-0.3, -0.25) is 10.1 Å². The molecule has 1 rings (SSSR count). The lowest BCUT2D eigenvalue weighted by Crippen LogP contribution is -2.29. The zero-order chi connectivity index (χ0) is 12.5. The van der Waals surface area contributed by atoms with E-state index in [1.54, 1.807) is 0 Å². The maximum atomic E-state index is 12.3. The molecular formula is C8H8F3N3O2. The molecule has 0 saturated heterocycles. The molecule has 8 heteroatoms. The Bertz CT molecular complexity index is 419. The summed E-state index contributed by atoms with van der Waals surface area (Å²) in [5, 5.41) is 10.3. The molecule has 88 valence electrons. The van der Waals surface area contributed by atoms with Gasteiger partial charge in [0.1, 0.15) is 6.04 Å². The molecule has 0 fully saturated rings. The highest BCUT2D eigenvalue weighted by Gasteiger charge is 2.39. The van der Waals surface area contributed by atoms with Crippen molar-refractivity contribution in [3.63, 3.8) is 0 Å². The summed E-state index contributed by atoms with van der Waals surface area (Å²) < 4.78 is 36.8. The minimum Gasteiger partial charge on any atom is -0.398 e. The zero-order valence-corrected chi connectivity index (χ0v) is 7.86. The monoisotopic (exact) mass is 235 g/mol. The Hall–Kier alpha value is -1.83. The highest BCUT2D eigenvalue weighted by molar-refractivity contribution is 5.55. The molecular weight excluding hydrogens is 227 g/mol. The first kappa shape index (κ1) is 12.2. The van der Waals surface area contributed by atoms with Gasteiger partial charge in [-0.25, -0.2) is 0 Å². The van der Waals surface area contributed by atoms with Gasteiger partial charge in [-0.1, -0.05) is 0 Å². The standard InChI is InChI=1S/C8H8F3N3O2/c9-8(10,11)7(13)5-2-1-4(14(15)16)3-6(5)12/h1-3,7H,12-13H2/t7-/m1/s1. The Morgan fingerprint density at radius 1 is 1.38 bits per heavy atom. The third-order valence-corrected chi connectivity index (χ3v) is 1.97. The lowest BCUT2D eigenvalue weighted by atomic mass is 10.0. The molecule has 0 saturated carbocycles. The van der Waals surface area contributed by atoms with E-state index in [4.69, 9.17) is 11.5 Å². The number of alkyl halides is 3. The lowest BCUT2D eigenvalue weighted by molar-refractivity contribution is -0.384. The van der Waals surface area contributed by atoms with Gasteiger partial charge in [0.15, 0.2) is 0 Å². The first-order valence-corrected chi connectivity index (χ1v) is 4.09. The predicted molar refractivity (Wildman–Crippen MR) is 50.5 cm³/mol. The average Bonchev–Trinajstić information content (AvgIpc) is 2.15. The topological polar surface area (TPSA) is 95.2 Å². The smallest absolute Gasteiger partial charge is 0.398 e. The van der Waals surface area contributed by atoms with Crippen molar-refractivity contribution in [1.29, 1.82) is 0 Å². The van der Waals surface area contributed by atoms with Crippen molar-refractivity contribution in [3.8, 4) is 0 Å². The van der Waals surface area contributed by atoms with Crippen LogP contribution in [-0.4, -0.2) is 11.1 Å². The normalized spacial score (nSPS) is 13.5. The van der Waals surface area contributed by atoms with Crippen molar-refractivity contribution in [2.24, 2.45) is 5.73 Å². The average molecular weight is 235 g/mol. The number of nitro benzene ring substituents is 1. The third-order valence-electron chi connectivity index (χ3n) is 1.97. The highest BCUT2D eigenvalue weighted by atomic mass is 19.4. The number of hydrogen-bond donors (Lipinski definition) is 2. The molecule has 0 amide bonds. The molecule has 0 spiro atoms. The van der Waals surface area contributed by atoms with E-state index >= 15 is 0 Å². The van der Waals surface area contributed by atoms with E-state index in [2.05, 4.69) is 0 Å². The molecule has 0 aliphatic heterocycles. The molecule has 5 nitrogen and oxygen atoms in total. The van der Waals surface area contributed by atoms with Gasteiger partial charge in [0, 0.05) is 23.4 Å². The van der Waals surface area contributed by atoms with Crippen molar-refractivity contribution >= 4 is 11.4 Å². The number of rotatable bonds is 2. The fourth-order valence-electron chi connectivity index (χ4n) is 1.14. The molecule has 4 N–H and O–H groups in total. The molecule has 0 heterocycles. The zero-order valence-electron chi connectivity index (χ0n) is 7.86. The molecule has 0 unspecified atom stereocenters. The van der Waals surface area contributed by atoms with Crippen molar-refractivity contribution in [1.82, 2.24) is 0 Å². The van der Waals surface area contributed by atoms with E-state index in [0.29, 0.717) is 0 Å². The number of benzene rings is 1. The van der Waals surface area contributed by atoms with E-state index < -0.39 is 17.1 Å². The first-order chi connectivity index (χ1) is 7.23. The number of nitrogen functional groups attached to an aromatic ring is 1. The maximum Gasteiger partial charge on any atom is 0.407 e. The van der Waals surface area contributed by atoms with E-state index in [9.17, 15) is 23.3 Å². The Morgan fingerprint density at radius 3 is 2.31 bits per heavy atom. The van der Waals surface area contributed by atoms with Crippen LogP contribution in [0.4, 0.5) is 24.5 Å². The second-order valence-corrected chi connectivity index (χ2v) is 3.09. The van der Waals surface area contributed by atoms with Crippen LogP contribution in [0, 0.1) is 10.1 Å². The summed E-state index contributed by atoms with van der Waals surface area (Å²) in [4.78, 5) is 9.58. The Balaban J connectivity index is 3.13. The van der Waals surface area contributed by atoms with Crippen LogP contribution in [-0.2, 0) is 0 Å². The van der Waals surface area contributed by atoms with Crippen LogP contribution in [0.3, 0.4) is 0 Å². The summed E-state index contributed by atoms with van der Waals surface area (Å²) in [7, 11) is 0. The Morgan fingerprint density at radius 2 is 1.94 bits per heavy atom. The SMILES string of the molecule is Nc1cc([N+](=O)[O-])ccc1[C@@H](N)C(F)(F)F. The molecule has 0 bridgehead atoms. The minimum absolute atomic E-state index is 0.348. The van der Waals surface area contributed by atoms with E-state index in [1.165, 1.54) is 0 Å². The molecule has 0 aromatic heterocycles. The minimum atomic E-state index is -4.63. The van der Waals surface area contributed by atoms with Crippen LogP contribution < -0.4 is 11.5 Å². The summed E-state index contributed by atoms with van der Waals surface area (Å²) >= 11 is 0. The van der Waals surface area contributed by atoms with Crippen LogP contribution in [0.15, 0.2) is 18.2 Å². The number of nitro groups is 1. The third kappa shape index (κ3) is 2.40. The van der Waals surface area contributed by atoms with Gasteiger partial charge in [0.05, 0.1) is 4.92 Å². The Kier molecular flexibility index (Phi) is 3.04. The molecule has 1 atom stereocenters. The van der Waals surface area contributed by atoms with Gasteiger partial charge in [0.25, 0.3) is 5.69 Å². The number of anilines is 1. The second kappa shape index (κ2) is 3.97. The lowest BCUT2D eigenvalue weighted by Gasteiger charge is -2.17. The number of nitrogens with two attached hydrogens (primary N) is 2. The van der Waals surface area contributed by atoms with Gasteiger partial charge < -0.3 is 11.5 Å². The van der Waals surface area contributed by atoms with E-state index in [0.717, 1.165) is 18.2 Å². The predicted octanol–water partition coefficient (Wildman–Crippen LogP) is 1.74. The van der Waals surface area contributed by atoms with Crippen LogP contribution >= 0.6 is 0 Å². The highest BCUT2D eigenvalue weighted by Crippen LogP contribution is 2.34. The molecule has 0 aliphatic rings. The summed E-state index contributed by atoms with van der Waals surface area (Å²) in [6.45, 7) is 0. The largest absolute Gasteiger partial charge is 0.407 e. The van der Waals surface area contributed by atoms with Crippen LogP contribution in [0.2, 0.25) is 0 Å². The fourth-order valence-corrected chi connectivity index (χ4v) is 1.14. The molecule has 1 aromatic carbocycles. The van der Waals surface area contributed by atoms with Gasteiger partial charge in [-0.15, -0.1) is 0 Å². The first-order valence-electron chi connectivity index (χ1n) is 4.09. The van der Waals surface area contributed by atoms with Crippen molar-refractivity contribution in [3.05, 3.63) is 33.9 Å². The number of non-ortho nitro benzene ring substituents is 1. The molecule has 0 aliphatic carbocycles. The van der Waals surface area contributed by atoms with Gasteiger partial charge in [0.2, 0.25) is 0 Å². The summed E-state index contributed by atoms with van der Waals surface area (Å²) in [6.07, 6.45) is -4.63. The van der Waals surface area contributed by atoms with Crippen LogP contribution in [0.25, 0.3) is 0 Å². The van der Waals surface area contributed by atoms with Gasteiger partial charge in [-0.05, 0) is 6.07 Å². The van der Waals surface area contributed by atoms with Crippen LogP contribution in [0.5, 0.6) is 0 Å². The van der Waals surface area contributed by atoms with Crippen molar-refractivity contribution in [2.75, 3.05) is 5.73 Å². The summed E-state index contributed by atoms with van der Waals surface area (Å²) in [5.74, 6) is 0. The van der Waals surface area contributed by atoms with E-state index in [1.807, 2.05) is 0 Å². The fraction of sp³-hybridized carbons (Fsp3) is 0.250. The quantitative estimate of drug-likeness (QED) is 0.463. The number of nitrogens with zero attached hydrogens (tertiary/aromatic N) is 1. The van der Waals surface area contributed by atoms with Crippen molar-refractivity contribution < 1.29 is 18.1 Å². The maximum absolute atomic E-state index is 12.3. The molecule has 1 aromatic rings. The van der Waals surface area contributed by atoms with Gasteiger partial charge in [-0.2, -0.15) is 13.2 Å². The summed E-state index contributed by atoms with van der Waals surface area (Å²) in [5.41, 5.74) is 9.09.